The molecule has 1 saturated heterocycles. The van der Waals surface area contributed by atoms with Gasteiger partial charge in [-0.2, -0.15) is 5.10 Å². The van der Waals surface area contributed by atoms with Crippen molar-refractivity contribution in [1.29, 1.82) is 0 Å². The number of aromatic nitrogens is 4. The number of hydrogen-bond donors (Lipinski definition) is 1. The first-order valence-corrected chi connectivity index (χ1v) is 13.3. The molecule has 6 rings (SSSR count). The Morgan fingerprint density at radius 1 is 1.08 bits per heavy atom. The van der Waals surface area contributed by atoms with Crippen LogP contribution in [0, 0.1) is 0 Å². The lowest BCUT2D eigenvalue weighted by Gasteiger charge is -2.39. The number of pyridine rings is 1. The van der Waals surface area contributed by atoms with E-state index in [1.807, 2.05) is 37.4 Å². The van der Waals surface area contributed by atoms with Crippen LogP contribution in [0.3, 0.4) is 0 Å². The number of nitrogens with one attached hydrogen (secondary N) is 1. The van der Waals surface area contributed by atoms with E-state index in [1.54, 1.807) is 27.9 Å². The Balaban J connectivity index is 1.24. The normalized spacial score (nSPS) is 17.7. The Labute approximate surface area is 225 Å². The third-order valence-corrected chi connectivity index (χ3v) is 7.86. The van der Waals surface area contributed by atoms with Crippen LogP contribution in [0.15, 0.2) is 55.0 Å². The van der Waals surface area contributed by atoms with E-state index in [2.05, 4.69) is 9.97 Å². The highest BCUT2D eigenvalue weighted by atomic mass is 16.5. The number of hydrogen-bond acceptors (Lipinski definition) is 6. The number of rotatable bonds is 6. The molecule has 1 aromatic carbocycles. The van der Waals surface area contributed by atoms with Gasteiger partial charge in [0.15, 0.2) is 5.82 Å². The zero-order chi connectivity index (χ0) is 27.1. The summed E-state index contributed by atoms with van der Waals surface area (Å²) in [4.78, 5) is 50.8. The van der Waals surface area contributed by atoms with E-state index in [4.69, 9.17) is 9.84 Å². The molecule has 1 aliphatic carbocycles. The SMILES string of the molecule is COc1cnc(-n2ccc(C3CCC3)n2)c2[nH]cc(C(=O)C(=O)N3CCN(C(=O)c4ccccc4)[C@H](C)C3)c12. The third kappa shape index (κ3) is 4.35. The molecule has 1 N–H and O–H groups in total. The Hall–Kier alpha value is -4.47. The number of fused-ring (bicyclic) bond motifs is 1. The van der Waals surface area contributed by atoms with Gasteiger partial charge < -0.3 is 19.5 Å². The van der Waals surface area contributed by atoms with Crippen molar-refractivity contribution in [2.45, 2.75) is 38.1 Å². The lowest BCUT2D eigenvalue weighted by atomic mass is 9.83. The van der Waals surface area contributed by atoms with Gasteiger partial charge in [-0.1, -0.05) is 24.6 Å². The molecule has 0 bridgehead atoms. The molecular formula is C29H30N6O4. The molecule has 0 spiro atoms. The number of ether oxygens (including phenoxy) is 1. The molecule has 1 atom stereocenters. The van der Waals surface area contributed by atoms with E-state index in [9.17, 15) is 14.4 Å². The van der Waals surface area contributed by atoms with Crippen LogP contribution in [-0.4, -0.2) is 79.9 Å². The van der Waals surface area contributed by atoms with Gasteiger partial charge in [-0.3, -0.25) is 14.4 Å². The van der Waals surface area contributed by atoms with Crippen LogP contribution in [0.5, 0.6) is 5.75 Å². The van der Waals surface area contributed by atoms with Gasteiger partial charge in [0.05, 0.1) is 35.5 Å². The molecule has 3 aromatic heterocycles. The summed E-state index contributed by atoms with van der Waals surface area (Å²) in [6, 6.07) is 10.8. The predicted molar refractivity (Wildman–Crippen MR) is 144 cm³/mol. The highest BCUT2D eigenvalue weighted by Crippen LogP contribution is 2.36. The Morgan fingerprint density at radius 3 is 2.56 bits per heavy atom. The molecule has 0 radical (unpaired) electrons. The van der Waals surface area contributed by atoms with Gasteiger partial charge in [0, 0.05) is 49.6 Å². The van der Waals surface area contributed by atoms with Gasteiger partial charge in [-0.05, 0) is 38.0 Å². The van der Waals surface area contributed by atoms with Crippen LogP contribution in [0.2, 0.25) is 0 Å². The Bertz CT molecular complexity index is 1550. The molecule has 1 aliphatic heterocycles. The highest BCUT2D eigenvalue weighted by Gasteiger charge is 2.34. The number of H-pyrrole nitrogens is 1. The quantitative estimate of drug-likeness (QED) is 0.304. The molecule has 4 heterocycles. The van der Waals surface area contributed by atoms with Crippen molar-refractivity contribution in [3.8, 4) is 11.6 Å². The minimum atomic E-state index is -0.637. The summed E-state index contributed by atoms with van der Waals surface area (Å²) in [5.41, 5.74) is 2.43. The Morgan fingerprint density at radius 2 is 1.87 bits per heavy atom. The van der Waals surface area contributed by atoms with Crippen molar-refractivity contribution in [2.75, 3.05) is 26.7 Å². The fourth-order valence-corrected chi connectivity index (χ4v) is 5.44. The second-order valence-electron chi connectivity index (χ2n) is 10.2. The Kier molecular flexibility index (Phi) is 6.38. The first-order chi connectivity index (χ1) is 19.0. The monoisotopic (exact) mass is 526 g/mol. The highest BCUT2D eigenvalue weighted by molar-refractivity contribution is 6.45. The number of methoxy groups -OCH3 is 1. The fourth-order valence-electron chi connectivity index (χ4n) is 5.44. The van der Waals surface area contributed by atoms with Crippen molar-refractivity contribution >= 4 is 28.5 Å². The molecule has 0 unspecified atom stereocenters. The number of piperazine rings is 1. The molecule has 2 amide bonds. The fraction of sp³-hybridized carbons (Fsp3) is 0.345. The van der Waals surface area contributed by atoms with Crippen molar-refractivity contribution in [2.24, 2.45) is 0 Å². The molecule has 10 nitrogen and oxygen atoms in total. The molecule has 2 aliphatic rings. The predicted octanol–water partition coefficient (Wildman–Crippen LogP) is 3.58. The van der Waals surface area contributed by atoms with Crippen LogP contribution in [0.25, 0.3) is 16.7 Å². The maximum absolute atomic E-state index is 13.5. The van der Waals surface area contributed by atoms with Crippen molar-refractivity contribution < 1.29 is 19.1 Å². The number of carbonyl (C=O) groups is 3. The van der Waals surface area contributed by atoms with Gasteiger partial charge in [-0.15, -0.1) is 0 Å². The molecular weight excluding hydrogens is 496 g/mol. The summed E-state index contributed by atoms with van der Waals surface area (Å²) < 4.78 is 7.23. The number of Topliss-reactive ketones (excluding diaryl/α,β-unsaturated/α-hetero) is 1. The first kappa shape index (κ1) is 24.8. The molecule has 10 heteroatoms. The van der Waals surface area contributed by atoms with Gasteiger partial charge in [0.2, 0.25) is 0 Å². The minimum Gasteiger partial charge on any atom is -0.494 e. The molecule has 4 aromatic rings. The number of nitrogens with zero attached hydrogens (tertiary/aromatic N) is 5. The summed E-state index contributed by atoms with van der Waals surface area (Å²) in [6.07, 6.45) is 8.45. The van der Waals surface area contributed by atoms with Crippen LogP contribution in [-0.2, 0) is 4.79 Å². The van der Waals surface area contributed by atoms with Crippen molar-refractivity contribution in [3.63, 3.8) is 0 Å². The van der Waals surface area contributed by atoms with Gasteiger partial charge in [0.25, 0.3) is 17.6 Å². The average Bonchev–Trinajstić information content (AvgIpc) is 3.59. The first-order valence-electron chi connectivity index (χ1n) is 13.3. The summed E-state index contributed by atoms with van der Waals surface area (Å²) in [7, 11) is 1.51. The summed E-state index contributed by atoms with van der Waals surface area (Å²) >= 11 is 0. The lowest BCUT2D eigenvalue weighted by Crippen LogP contribution is -2.56. The van der Waals surface area contributed by atoms with E-state index in [1.165, 1.54) is 24.6 Å². The second kappa shape index (κ2) is 10.0. The number of amides is 2. The number of benzene rings is 1. The maximum Gasteiger partial charge on any atom is 0.295 e. The lowest BCUT2D eigenvalue weighted by molar-refractivity contribution is -0.128. The van der Waals surface area contributed by atoms with Crippen LogP contribution in [0.4, 0.5) is 0 Å². The number of aromatic amines is 1. The van der Waals surface area contributed by atoms with Crippen molar-refractivity contribution in [3.05, 3.63) is 71.8 Å². The average molecular weight is 527 g/mol. The van der Waals surface area contributed by atoms with Crippen LogP contribution < -0.4 is 4.74 Å². The number of ketones is 1. The van der Waals surface area contributed by atoms with Crippen molar-refractivity contribution in [1.82, 2.24) is 29.5 Å². The summed E-state index contributed by atoms with van der Waals surface area (Å²) in [6.45, 7) is 2.78. The van der Waals surface area contributed by atoms with E-state index < -0.39 is 11.7 Å². The largest absolute Gasteiger partial charge is 0.494 e. The number of carbonyl (C=O) groups excluding carboxylic acids is 3. The molecule has 2 fully saturated rings. The maximum atomic E-state index is 13.5. The van der Waals surface area contributed by atoms with E-state index in [-0.39, 0.29) is 30.6 Å². The summed E-state index contributed by atoms with van der Waals surface area (Å²) in [5.74, 6) is 0.0728. The molecule has 39 heavy (non-hydrogen) atoms. The smallest absolute Gasteiger partial charge is 0.295 e. The molecule has 200 valence electrons. The van der Waals surface area contributed by atoms with E-state index in [0.717, 1.165) is 18.5 Å². The minimum absolute atomic E-state index is 0.0815. The standard InChI is InChI=1S/C29H30N6O4/c1-18-17-33(13-14-34(18)28(37)20-7-4-3-5-8-20)29(38)26(36)21-15-30-25-24(21)23(39-2)16-31-27(25)35-12-11-22(32-35)19-9-6-10-19/h3-5,7-8,11-12,15-16,18-19,30H,6,9-10,13-14,17H2,1-2H3/t18-/m1/s1. The van der Waals surface area contributed by atoms with Crippen LogP contribution in [0.1, 0.15) is 58.5 Å². The zero-order valence-corrected chi connectivity index (χ0v) is 22.0. The zero-order valence-electron chi connectivity index (χ0n) is 22.0. The molecule has 1 saturated carbocycles. The van der Waals surface area contributed by atoms with Crippen LogP contribution >= 0.6 is 0 Å². The third-order valence-electron chi connectivity index (χ3n) is 7.86. The van der Waals surface area contributed by atoms with Gasteiger partial charge >= 0.3 is 0 Å². The van der Waals surface area contributed by atoms with Gasteiger partial charge in [0.1, 0.15) is 5.75 Å². The van der Waals surface area contributed by atoms with E-state index >= 15 is 0 Å². The summed E-state index contributed by atoms with van der Waals surface area (Å²) in [5, 5.41) is 5.22. The van der Waals surface area contributed by atoms with Gasteiger partial charge in [-0.25, -0.2) is 9.67 Å². The second-order valence-corrected chi connectivity index (χ2v) is 10.2. The topological polar surface area (TPSA) is 113 Å². The van der Waals surface area contributed by atoms with E-state index in [0.29, 0.717) is 40.5 Å².